The van der Waals surface area contributed by atoms with Gasteiger partial charge < -0.3 is 14.0 Å². The van der Waals surface area contributed by atoms with Gasteiger partial charge in [-0.3, -0.25) is 4.98 Å². The lowest BCUT2D eigenvalue weighted by Crippen LogP contribution is -2.11. The molecule has 0 unspecified atom stereocenters. The smallest absolute Gasteiger partial charge is 0.417 e. The van der Waals surface area contributed by atoms with Crippen LogP contribution in [0, 0.1) is 0 Å². The number of esters is 1. The van der Waals surface area contributed by atoms with E-state index in [0.29, 0.717) is 33.6 Å². The molecule has 0 amide bonds. The van der Waals surface area contributed by atoms with Gasteiger partial charge in [-0.1, -0.05) is 17.7 Å². The number of carbonyl (C=O) groups is 1. The quantitative estimate of drug-likeness (QED) is 0.259. The Kier molecular flexibility index (Phi) is 6.76. The van der Waals surface area contributed by atoms with E-state index in [9.17, 15) is 18.0 Å². The lowest BCUT2D eigenvalue weighted by Gasteiger charge is -2.13. The molecule has 5 nitrogen and oxygen atoms in total. The number of carbonyl (C=O) groups excluding carboxylic acids is 1. The van der Waals surface area contributed by atoms with Crippen molar-refractivity contribution in [2.45, 2.75) is 33.1 Å². The lowest BCUT2D eigenvalue weighted by atomic mass is 10.1. The van der Waals surface area contributed by atoms with Crippen LogP contribution in [0.1, 0.15) is 36.8 Å². The molecule has 35 heavy (non-hydrogen) atoms. The summed E-state index contributed by atoms with van der Waals surface area (Å²) in [6, 6.07) is 14.6. The van der Waals surface area contributed by atoms with Crippen LogP contribution in [0.5, 0.6) is 5.75 Å². The number of nitrogens with zero attached hydrogens (tertiary/aromatic N) is 2. The summed E-state index contributed by atoms with van der Waals surface area (Å²) >= 11 is 6.67. The average Bonchev–Trinajstić information content (AvgIpc) is 3.11. The minimum Gasteiger partial charge on any atom is -0.491 e. The highest BCUT2D eigenvalue weighted by atomic mass is 35.5. The molecule has 0 saturated heterocycles. The molecule has 0 radical (unpaired) electrons. The Morgan fingerprint density at radius 3 is 2.37 bits per heavy atom. The highest BCUT2D eigenvalue weighted by molar-refractivity contribution is 6.39. The van der Waals surface area contributed by atoms with Gasteiger partial charge in [0.05, 0.1) is 34.5 Å². The number of benzene rings is 2. The van der Waals surface area contributed by atoms with Crippen molar-refractivity contribution in [3.63, 3.8) is 0 Å². The van der Waals surface area contributed by atoms with E-state index >= 15 is 0 Å². The first-order valence-corrected chi connectivity index (χ1v) is 11.3. The molecule has 0 aliphatic carbocycles. The van der Waals surface area contributed by atoms with Gasteiger partial charge >= 0.3 is 12.1 Å². The van der Waals surface area contributed by atoms with Crippen LogP contribution in [0.3, 0.4) is 0 Å². The van der Waals surface area contributed by atoms with E-state index in [1.165, 1.54) is 6.07 Å². The summed E-state index contributed by atoms with van der Waals surface area (Å²) in [4.78, 5) is 16.8. The molecule has 2 heterocycles. The highest BCUT2D eigenvalue weighted by Gasteiger charge is 2.31. The van der Waals surface area contributed by atoms with Gasteiger partial charge in [0.25, 0.3) is 0 Å². The van der Waals surface area contributed by atoms with Gasteiger partial charge in [0.2, 0.25) is 0 Å². The van der Waals surface area contributed by atoms with Crippen molar-refractivity contribution >= 4 is 28.5 Å². The molecule has 0 bridgehead atoms. The molecule has 0 saturated carbocycles. The zero-order chi connectivity index (χ0) is 25.3. The number of halogens is 4. The van der Waals surface area contributed by atoms with Crippen LogP contribution in [0.2, 0.25) is 5.02 Å². The largest absolute Gasteiger partial charge is 0.491 e. The van der Waals surface area contributed by atoms with Crippen molar-refractivity contribution in [2.24, 2.45) is 0 Å². The maximum absolute atomic E-state index is 12.9. The second-order valence-electron chi connectivity index (χ2n) is 8.04. The van der Waals surface area contributed by atoms with Gasteiger partial charge in [0, 0.05) is 22.8 Å². The van der Waals surface area contributed by atoms with Crippen LogP contribution in [0.25, 0.3) is 27.8 Å². The standard InChI is InChI=1S/C26H22ClF3N2O3/c1-4-34-25(33)24-23(27)20-13-16(21-11-6-17(14-31-21)26(28,29)30)5-12-22(20)32(24)18-7-9-19(10-8-18)35-15(2)3/h5-15H,4H2,1-3H3. The summed E-state index contributed by atoms with van der Waals surface area (Å²) in [5.41, 5.74) is 1.52. The first-order chi connectivity index (χ1) is 16.6. The Bertz CT molecular complexity index is 1360. The van der Waals surface area contributed by atoms with Gasteiger partial charge in [-0.05, 0) is 69.3 Å². The van der Waals surface area contributed by atoms with Gasteiger partial charge in [0.15, 0.2) is 5.69 Å². The zero-order valence-electron chi connectivity index (χ0n) is 19.2. The van der Waals surface area contributed by atoms with Crippen LogP contribution in [0.15, 0.2) is 60.8 Å². The fourth-order valence-electron chi connectivity index (χ4n) is 3.74. The second kappa shape index (κ2) is 9.62. The van der Waals surface area contributed by atoms with Crippen molar-refractivity contribution < 1.29 is 27.4 Å². The Morgan fingerprint density at radius 2 is 1.80 bits per heavy atom. The number of aromatic nitrogens is 2. The second-order valence-corrected chi connectivity index (χ2v) is 8.42. The number of fused-ring (bicyclic) bond motifs is 1. The van der Waals surface area contributed by atoms with E-state index in [1.54, 1.807) is 41.8 Å². The molecule has 2 aromatic heterocycles. The fraction of sp³-hybridized carbons (Fsp3) is 0.231. The molecule has 0 N–H and O–H groups in total. The summed E-state index contributed by atoms with van der Waals surface area (Å²) in [5.74, 6) is 0.0880. The van der Waals surface area contributed by atoms with Gasteiger partial charge in [-0.15, -0.1) is 0 Å². The maximum Gasteiger partial charge on any atom is 0.417 e. The van der Waals surface area contributed by atoms with Crippen molar-refractivity contribution in [1.82, 2.24) is 9.55 Å². The molecular weight excluding hydrogens is 481 g/mol. The molecule has 4 rings (SSSR count). The Balaban J connectivity index is 1.84. The molecule has 0 spiro atoms. The van der Waals surface area contributed by atoms with Crippen molar-refractivity contribution in [3.8, 4) is 22.7 Å². The van der Waals surface area contributed by atoms with Gasteiger partial charge in [-0.2, -0.15) is 13.2 Å². The van der Waals surface area contributed by atoms with E-state index in [1.807, 2.05) is 26.0 Å². The summed E-state index contributed by atoms with van der Waals surface area (Å²) in [6.07, 6.45) is -3.67. The van der Waals surface area contributed by atoms with Crippen LogP contribution >= 0.6 is 11.6 Å². The number of ether oxygens (including phenoxy) is 2. The average molecular weight is 503 g/mol. The predicted octanol–water partition coefficient (Wildman–Crippen LogP) is 7.33. The Hall–Kier alpha value is -3.52. The number of hydrogen-bond donors (Lipinski definition) is 0. The minimum absolute atomic E-state index is 0.00928. The summed E-state index contributed by atoms with van der Waals surface area (Å²) in [6.45, 7) is 5.72. The molecule has 0 atom stereocenters. The minimum atomic E-state index is -4.47. The molecule has 2 aromatic carbocycles. The third-order valence-corrected chi connectivity index (χ3v) is 5.61. The monoisotopic (exact) mass is 502 g/mol. The fourth-order valence-corrected chi connectivity index (χ4v) is 4.05. The molecule has 4 aromatic rings. The van der Waals surface area contributed by atoms with Crippen molar-refractivity contribution in [2.75, 3.05) is 6.61 Å². The Labute approximate surface area is 205 Å². The highest BCUT2D eigenvalue weighted by Crippen LogP contribution is 2.37. The van der Waals surface area contributed by atoms with Gasteiger partial charge in [-0.25, -0.2) is 4.79 Å². The molecule has 9 heteroatoms. The van der Waals surface area contributed by atoms with E-state index in [4.69, 9.17) is 21.1 Å². The molecule has 0 aliphatic heterocycles. The molecular formula is C26H22ClF3N2O3. The molecule has 0 aliphatic rings. The zero-order valence-corrected chi connectivity index (χ0v) is 19.9. The summed E-state index contributed by atoms with van der Waals surface area (Å²) in [7, 11) is 0. The van der Waals surface area contributed by atoms with E-state index < -0.39 is 17.7 Å². The number of pyridine rings is 1. The van der Waals surface area contributed by atoms with Crippen LogP contribution in [-0.4, -0.2) is 28.2 Å². The number of hydrogen-bond acceptors (Lipinski definition) is 4. The van der Waals surface area contributed by atoms with Crippen LogP contribution < -0.4 is 4.74 Å². The van der Waals surface area contributed by atoms with E-state index in [2.05, 4.69) is 4.98 Å². The first-order valence-electron chi connectivity index (χ1n) is 10.9. The number of alkyl halides is 3. The third-order valence-electron chi connectivity index (χ3n) is 5.23. The first kappa shape index (κ1) is 24.6. The van der Waals surface area contributed by atoms with Crippen molar-refractivity contribution in [1.29, 1.82) is 0 Å². The number of rotatable bonds is 6. The predicted molar refractivity (Wildman–Crippen MR) is 128 cm³/mol. The molecule has 182 valence electrons. The van der Waals surface area contributed by atoms with E-state index in [-0.39, 0.29) is 23.4 Å². The SMILES string of the molecule is CCOC(=O)c1c(Cl)c2cc(-c3ccc(C(F)(F)F)cn3)ccc2n1-c1ccc(OC(C)C)cc1. The van der Waals surface area contributed by atoms with Crippen LogP contribution in [-0.2, 0) is 10.9 Å². The summed E-state index contributed by atoms with van der Waals surface area (Å²) < 4.78 is 51.4. The van der Waals surface area contributed by atoms with E-state index in [0.717, 1.165) is 12.3 Å². The molecule has 0 fully saturated rings. The third kappa shape index (κ3) is 4.98. The topological polar surface area (TPSA) is 53.3 Å². The summed E-state index contributed by atoms with van der Waals surface area (Å²) in [5, 5.41) is 0.714. The van der Waals surface area contributed by atoms with Crippen LogP contribution in [0.4, 0.5) is 13.2 Å². The van der Waals surface area contributed by atoms with Gasteiger partial charge in [0.1, 0.15) is 5.75 Å². The maximum atomic E-state index is 12.9. The lowest BCUT2D eigenvalue weighted by molar-refractivity contribution is -0.137. The van der Waals surface area contributed by atoms with Crippen molar-refractivity contribution in [3.05, 3.63) is 77.1 Å². The Morgan fingerprint density at radius 1 is 1.09 bits per heavy atom. The normalized spacial score (nSPS) is 11.8.